The summed E-state index contributed by atoms with van der Waals surface area (Å²) in [6.07, 6.45) is 1.83. The summed E-state index contributed by atoms with van der Waals surface area (Å²) in [4.78, 5) is 71.4. The molecule has 6 atom stereocenters. The van der Waals surface area contributed by atoms with E-state index in [1.54, 1.807) is 36.4 Å². The number of aliphatic carboxylic acids is 1. The number of hydrogen-bond acceptors (Lipinski definition) is 6. The molecule has 0 radical (unpaired) electrons. The molecule has 9 nitrogen and oxygen atoms in total. The van der Waals surface area contributed by atoms with Crippen LogP contribution in [0.5, 0.6) is 5.75 Å². The fourth-order valence-electron chi connectivity index (χ4n) is 9.09. The minimum Gasteiger partial charge on any atom is -0.507 e. The van der Waals surface area contributed by atoms with E-state index >= 15 is 4.79 Å². The van der Waals surface area contributed by atoms with Gasteiger partial charge in [-0.3, -0.25) is 28.9 Å². The quantitative estimate of drug-likeness (QED) is 0.194. The van der Waals surface area contributed by atoms with Crippen LogP contribution in [-0.4, -0.2) is 51.3 Å². The average molecular weight is 675 g/mol. The SMILES string of the molecule is O=C(O)CCN1C(=O)C2CC=C3C(CC4C(=O)N(c5cccc(Cl)c5)C(=O)C4(c4ccccc4)C3c3ccc4ccccc4c3O)C2C1=O. The van der Waals surface area contributed by atoms with Gasteiger partial charge in [0, 0.05) is 28.4 Å². The molecule has 246 valence electrons. The van der Waals surface area contributed by atoms with Crippen LogP contribution in [0.4, 0.5) is 5.69 Å². The molecule has 2 saturated heterocycles. The fraction of sp³-hybridized carbons (Fsp3) is 0.256. The number of amides is 4. The van der Waals surface area contributed by atoms with Crippen molar-refractivity contribution in [2.24, 2.45) is 23.7 Å². The highest BCUT2D eigenvalue weighted by Crippen LogP contribution is 2.65. The summed E-state index contributed by atoms with van der Waals surface area (Å²) in [6.45, 7) is -0.242. The number of nitrogens with zero attached hydrogens (tertiary/aromatic N) is 2. The zero-order chi connectivity index (χ0) is 34.2. The number of likely N-dealkylation sites (tertiary alicyclic amines) is 1. The van der Waals surface area contributed by atoms with Gasteiger partial charge in [-0.2, -0.15) is 0 Å². The van der Waals surface area contributed by atoms with Gasteiger partial charge < -0.3 is 10.2 Å². The van der Waals surface area contributed by atoms with Gasteiger partial charge in [-0.25, -0.2) is 4.90 Å². The van der Waals surface area contributed by atoms with Crippen molar-refractivity contribution >= 4 is 57.7 Å². The lowest BCUT2D eigenvalue weighted by molar-refractivity contribution is -0.142. The summed E-state index contributed by atoms with van der Waals surface area (Å²) in [6, 6.07) is 26.7. The van der Waals surface area contributed by atoms with Crippen molar-refractivity contribution < 1.29 is 34.2 Å². The van der Waals surface area contributed by atoms with Gasteiger partial charge in [-0.15, -0.1) is 0 Å². The Morgan fingerprint density at radius 3 is 2.37 bits per heavy atom. The molecule has 4 aromatic rings. The van der Waals surface area contributed by atoms with Crippen molar-refractivity contribution in [1.82, 2.24) is 4.90 Å². The smallest absolute Gasteiger partial charge is 0.305 e. The summed E-state index contributed by atoms with van der Waals surface area (Å²) in [5.41, 5.74) is 0.539. The number of halogens is 1. The topological polar surface area (TPSA) is 132 Å². The molecule has 3 fully saturated rings. The number of aromatic hydroxyl groups is 1. The first-order valence-electron chi connectivity index (χ1n) is 16.3. The maximum Gasteiger partial charge on any atom is 0.305 e. The number of carbonyl (C=O) groups excluding carboxylic acids is 4. The second-order valence-electron chi connectivity index (χ2n) is 13.3. The Labute approximate surface area is 286 Å². The molecule has 4 aliphatic rings. The summed E-state index contributed by atoms with van der Waals surface area (Å²) in [7, 11) is 0. The van der Waals surface area contributed by atoms with Crippen LogP contribution in [0.25, 0.3) is 10.8 Å². The van der Waals surface area contributed by atoms with Gasteiger partial charge >= 0.3 is 5.97 Å². The van der Waals surface area contributed by atoms with Gasteiger partial charge in [0.2, 0.25) is 23.6 Å². The Kier molecular flexibility index (Phi) is 7.22. The summed E-state index contributed by atoms with van der Waals surface area (Å²) in [5, 5.41) is 23.1. The van der Waals surface area contributed by atoms with E-state index in [0.29, 0.717) is 32.8 Å². The van der Waals surface area contributed by atoms with Gasteiger partial charge in [0.25, 0.3) is 0 Å². The largest absolute Gasteiger partial charge is 0.507 e. The van der Waals surface area contributed by atoms with E-state index in [4.69, 9.17) is 11.6 Å². The van der Waals surface area contributed by atoms with Crippen LogP contribution in [0.1, 0.15) is 36.3 Å². The van der Waals surface area contributed by atoms with E-state index in [9.17, 15) is 29.4 Å². The summed E-state index contributed by atoms with van der Waals surface area (Å²) in [5.74, 6) is -7.02. The van der Waals surface area contributed by atoms with E-state index in [1.165, 1.54) is 4.90 Å². The average Bonchev–Trinajstić information content (AvgIpc) is 3.48. The highest BCUT2D eigenvalue weighted by atomic mass is 35.5. The summed E-state index contributed by atoms with van der Waals surface area (Å²) < 4.78 is 0. The Balaban J connectivity index is 1.38. The molecule has 10 heteroatoms. The van der Waals surface area contributed by atoms with Crippen molar-refractivity contribution in [1.29, 1.82) is 0 Å². The van der Waals surface area contributed by atoms with E-state index < -0.39 is 64.6 Å². The lowest BCUT2D eigenvalue weighted by Crippen LogP contribution is -2.53. The van der Waals surface area contributed by atoms with Crippen LogP contribution in [0.15, 0.2) is 103 Å². The number of phenolic OH excluding ortho intramolecular Hbond substituents is 1. The number of fused-ring (bicyclic) bond motifs is 5. The first kappa shape index (κ1) is 31.0. The highest BCUT2D eigenvalue weighted by molar-refractivity contribution is 6.32. The van der Waals surface area contributed by atoms with Crippen molar-refractivity contribution in [3.8, 4) is 5.75 Å². The number of imide groups is 2. The normalized spacial score (nSPS) is 27.6. The van der Waals surface area contributed by atoms with E-state index in [0.717, 1.165) is 10.3 Å². The van der Waals surface area contributed by atoms with Gasteiger partial charge in [-0.1, -0.05) is 96.0 Å². The number of carbonyl (C=O) groups is 5. The maximum atomic E-state index is 15.3. The zero-order valence-corrected chi connectivity index (χ0v) is 26.9. The number of phenols is 1. The number of anilines is 1. The number of rotatable bonds is 6. The molecule has 0 bridgehead atoms. The van der Waals surface area contributed by atoms with Crippen LogP contribution in [-0.2, 0) is 29.4 Å². The van der Waals surface area contributed by atoms with Crippen molar-refractivity contribution in [3.05, 3.63) is 119 Å². The molecule has 2 heterocycles. The van der Waals surface area contributed by atoms with Crippen LogP contribution in [0, 0.1) is 23.7 Å². The minimum absolute atomic E-state index is 0.0285. The molecule has 4 amide bonds. The lowest BCUT2D eigenvalue weighted by atomic mass is 9.49. The van der Waals surface area contributed by atoms with Gasteiger partial charge in [0.1, 0.15) is 5.75 Å². The predicted molar refractivity (Wildman–Crippen MR) is 181 cm³/mol. The number of allylic oxidation sites excluding steroid dienone is 2. The number of carboxylic acids is 1. The monoisotopic (exact) mass is 674 g/mol. The van der Waals surface area contributed by atoms with E-state index in [1.807, 2.05) is 60.7 Å². The van der Waals surface area contributed by atoms with Crippen LogP contribution >= 0.6 is 11.6 Å². The molecule has 49 heavy (non-hydrogen) atoms. The second-order valence-corrected chi connectivity index (χ2v) is 13.7. The first-order chi connectivity index (χ1) is 23.6. The van der Waals surface area contributed by atoms with Crippen LogP contribution in [0.3, 0.4) is 0 Å². The molecule has 2 N–H and O–H groups in total. The van der Waals surface area contributed by atoms with Gasteiger partial charge in [-0.05, 0) is 47.9 Å². The Morgan fingerprint density at radius 1 is 0.857 bits per heavy atom. The maximum absolute atomic E-state index is 15.3. The second kappa shape index (κ2) is 11.4. The third-order valence-electron chi connectivity index (χ3n) is 11.1. The van der Waals surface area contributed by atoms with E-state index in [-0.39, 0.29) is 31.6 Å². The van der Waals surface area contributed by atoms with Crippen molar-refractivity contribution in [3.63, 3.8) is 0 Å². The Hall–Kier alpha value is -5.28. The third-order valence-corrected chi connectivity index (χ3v) is 11.3. The van der Waals surface area contributed by atoms with Crippen molar-refractivity contribution in [2.45, 2.75) is 30.6 Å². The zero-order valence-electron chi connectivity index (χ0n) is 26.2. The van der Waals surface area contributed by atoms with Crippen LogP contribution in [0.2, 0.25) is 5.02 Å². The highest BCUT2D eigenvalue weighted by Gasteiger charge is 2.70. The van der Waals surface area contributed by atoms with Crippen molar-refractivity contribution in [2.75, 3.05) is 11.4 Å². The summed E-state index contributed by atoms with van der Waals surface area (Å²) >= 11 is 6.37. The molecule has 8 rings (SSSR count). The molecule has 2 aliphatic heterocycles. The molecular formula is C39H31ClN2O7. The minimum atomic E-state index is -1.52. The third kappa shape index (κ3) is 4.41. The Bertz CT molecular complexity index is 2130. The molecule has 6 unspecified atom stereocenters. The molecule has 2 aliphatic carbocycles. The van der Waals surface area contributed by atoms with Crippen LogP contribution < -0.4 is 4.90 Å². The fourth-order valence-corrected chi connectivity index (χ4v) is 9.27. The predicted octanol–water partition coefficient (Wildman–Crippen LogP) is 5.84. The van der Waals surface area contributed by atoms with Gasteiger partial charge in [0.15, 0.2) is 0 Å². The molecule has 4 aromatic carbocycles. The number of carboxylic acid groups (broad SMARTS) is 1. The standard InChI is InChI=1S/C39H31ClN2O7/c40-23-10-6-11-24(19-23)42-36(47)30-20-29-26(15-16-27-32(29)37(48)41(35(27)46)18-17-31(43)44)33(39(30,38(42)49)22-8-2-1-3-9-22)28-14-13-21-7-4-5-12-25(21)34(28)45/h1-15,19,27,29-30,32-33,45H,16-18,20H2,(H,43,44). The lowest BCUT2D eigenvalue weighted by Gasteiger charge is -2.50. The molecule has 0 spiro atoms. The van der Waals surface area contributed by atoms with E-state index in [2.05, 4.69) is 0 Å². The molecular weight excluding hydrogens is 644 g/mol. The number of hydrogen-bond donors (Lipinski definition) is 2. The first-order valence-corrected chi connectivity index (χ1v) is 16.7. The molecule has 1 saturated carbocycles. The van der Waals surface area contributed by atoms with Gasteiger partial charge in [0.05, 0.1) is 35.3 Å². The molecule has 0 aromatic heterocycles. The Morgan fingerprint density at radius 2 is 1.61 bits per heavy atom. The number of benzene rings is 4.